The highest BCUT2D eigenvalue weighted by Gasteiger charge is 2.34. The number of rotatable bonds is 24. The molecule has 21 nitrogen and oxygen atoms in total. The Hall–Kier alpha value is -5.34. The van der Waals surface area contributed by atoms with Crippen molar-refractivity contribution in [1.29, 1.82) is 0 Å². The molecule has 288 valence electrons. The normalized spacial score (nSPS) is 14.4. The summed E-state index contributed by atoms with van der Waals surface area (Å²) in [5.74, 6) is -11.6. The number of amides is 7. The van der Waals surface area contributed by atoms with E-state index in [-0.39, 0.29) is 37.5 Å². The molecule has 7 amide bonds. The van der Waals surface area contributed by atoms with Crippen LogP contribution in [-0.2, 0) is 47.9 Å². The van der Waals surface area contributed by atoms with E-state index in [1.165, 1.54) is 6.92 Å². The van der Waals surface area contributed by atoms with Crippen LogP contribution in [0, 0.1) is 11.8 Å². The molecular formula is C30H50N8O13. The maximum Gasteiger partial charge on any atom is 0.326 e. The van der Waals surface area contributed by atoms with Gasteiger partial charge in [-0.25, -0.2) is 4.79 Å². The van der Waals surface area contributed by atoms with Crippen LogP contribution >= 0.6 is 0 Å². The second-order valence-electron chi connectivity index (χ2n) is 12.6. The largest absolute Gasteiger partial charge is 0.481 e. The molecular weight excluding hydrogens is 680 g/mol. The van der Waals surface area contributed by atoms with Crippen molar-refractivity contribution < 1.29 is 63.3 Å². The standard InChI is InChI=1S/C30H50N8O13/c1-13(2)8-17(27(47)33-15(5)25(45)38-20(30(50)51)11-24(43)44)36-29(49)19(10-23(41)42)37-28(48)18(9-14(3)4)35-26(46)16(6-7-21(32)39)34-22(40)12-31/h13-20H,6-12,31H2,1-5H3,(H2,32,39)(H,33,47)(H,34,40)(H,35,46)(H,36,49)(H,37,48)(H,38,45)(H,41,42)(H,43,44)(H,50,51)/t15-,16-,17-,18-,19-,20-/m0/s1. The summed E-state index contributed by atoms with van der Waals surface area (Å²) in [5, 5.41) is 41.3. The van der Waals surface area contributed by atoms with Crippen LogP contribution < -0.4 is 43.4 Å². The van der Waals surface area contributed by atoms with Crippen LogP contribution in [0.2, 0.25) is 0 Å². The van der Waals surface area contributed by atoms with Gasteiger partial charge < -0.3 is 58.7 Å². The van der Waals surface area contributed by atoms with Gasteiger partial charge in [0.1, 0.15) is 36.3 Å². The van der Waals surface area contributed by atoms with Crippen LogP contribution in [0.1, 0.15) is 73.1 Å². The van der Waals surface area contributed by atoms with E-state index in [0.29, 0.717) is 0 Å². The monoisotopic (exact) mass is 730 g/mol. The summed E-state index contributed by atoms with van der Waals surface area (Å²) in [6, 6.07) is -9.05. The first-order valence-electron chi connectivity index (χ1n) is 16.0. The Morgan fingerprint density at radius 1 is 0.529 bits per heavy atom. The zero-order chi connectivity index (χ0) is 39.6. The van der Waals surface area contributed by atoms with Crippen molar-refractivity contribution in [3.05, 3.63) is 0 Å². The van der Waals surface area contributed by atoms with Gasteiger partial charge in [-0.3, -0.25) is 43.2 Å². The molecule has 0 heterocycles. The molecule has 0 aromatic carbocycles. The average Bonchev–Trinajstić information content (AvgIpc) is 3.00. The Morgan fingerprint density at radius 2 is 0.922 bits per heavy atom. The Balaban J connectivity index is 6.07. The number of nitrogens with one attached hydrogen (secondary N) is 6. The molecule has 0 spiro atoms. The second kappa shape index (κ2) is 22.4. The highest BCUT2D eigenvalue weighted by atomic mass is 16.4. The fourth-order valence-electron chi connectivity index (χ4n) is 4.47. The molecule has 0 unspecified atom stereocenters. The first-order valence-corrected chi connectivity index (χ1v) is 16.0. The van der Waals surface area contributed by atoms with Crippen molar-refractivity contribution in [2.45, 2.75) is 109 Å². The van der Waals surface area contributed by atoms with Gasteiger partial charge >= 0.3 is 17.9 Å². The molecule has 21 heteroatoms. The number of hydrogen-bond acceptors (Lipinski definition) is 11. The lowest BCUT2D eigenvalue weighted by Crippen LogP contribution is -2.60. The van der Waals surface area contributed by atoms with Gasteiger partial charge in [0, 0.05) is 6.42 Å². The lowest BCUT2D eigenvalue weighted by molar-refractivity contribution is -0.147. The van der Waals surface area contributed by atoms with Gasteiger partial charge in [-0.2, -0.15) is 0 Å². The Morgan fingerprint density at radius 3 is 1.33 bits per heavy atom. The van der Waals surface area contributed by atoms with Crippen LogP contribution in [0.3, 0.4) is 0 Å². The van der Waals surface area contributed by atoms with E-state index in [1.807, 2.05) is 5.32 Å². The number of hydrogen-bond donors (Lipinski definition) is 11. The minimum absolute atomic E-state index is 0.0140. The van der Waals surface area contributed by atoms with Gasteiger partial charge in [0.05, 0.1) is 19.4 Å². The van der Waals surface area contributed by atoms with Gasteiger partial charge in [-0.05, 0) is 38.0 Å². The van der Waals surface area contributed by atoms with Crippen molar-refractivity contribution in [1.82, 2.24) is 31.9 Å². The van der Waals surface area contributed by atoms with Crippen molar-refractivity contribution in [3.8, 4) is 0 Å². The van der Waals surface area contributed by atoms with E-state index in [0.717, 1.165) is 0 Å². The predicted molar refractivity (Wildman–Crippen MR) is 176 cm³/mol. The van der Waals surface area contributed by atoms with Crippen molar-refractivity contribution in [2.75, 3.05) is 6.54 Å². The van der Waals surface area contributed by atoms with Crippen LogP contribution in [-0.4, -0.2) is 117 Å². The molecule has 6 atom stereocenters. The lowest BCUT2D eigenvalue weighted by Gasteiger charge is -2.27. The summed E-state index contributed by atoms with van der Waals surface area (Å²) < 4.78 is 0. The zero-order valence-electron chi connectivity index (χ0n) is 29.1. The molecule has 0 bridgehead atoms. The van der Waals surface area contributed by atoms with Gasteiger partial charge in [0.15, 0.2) is 0 Å². The quantitative estimate of drug-likeness (QED) is 0.0455. The molecule has 0 aromatic rings. The van der Waals surface area contributed by atoms with Crippen LogP contribution in [0.15, 0.2) is 0 Å². The maximum atomic E-state index is 13.4. The molecule has 0 radical (unpaired) electrons. The van der Waals surface area contributed by atoms with Gasteiger partial charge in [0.25, 0.3) is 0 Å². The van der Waals surface area contributed by atoms with Crippen molar-refractivity contribution >= 4 is 59.3 Å². The number of nitrogens with two attached hydrogens (primary N) is 2. The summed E-state index contributed by atoms with van der Waals surface area (Å²) in [5.41, 5.74) is 10.5. The van der Waals surface area contributed by atoms with E-state index in [1.54, 1.807) is 27.7 Å². The smallest absolute Gasteiger partial charge is 0.326 e. The van der Waals surface area contributed by atoms with Crippen molar-refractivity contribution in [3.63, 3.8) is 0 Å². The number of primary amides is 1. The summed E-state index contributed by atoms with van der Waals surface area (Å²) in [6.45, 7) is 7.49. The molecule has 0 rings (SSSR count). The van der Waals surface area contributed by atoms with Gasteiger partial charge in [-0.15, -0.1) is 0 Å². The highest BCUT2D eigenvalue weighted by Crippen LogP contribution is 2.10. The minimum Gasteiger partial charge on any atom is -0.481 e. The SMILES string of the molecule is CC(C)C[C@H](NC(=O)[C@H](CC(=O)O)NC(=O)[C@H](CC(C)C)NC(=O)[C@H](CCC(N)=O)NC(=O)CN)C(=O)N[C@@H](C)C(=O)N[C@@H](CC(=O)O)C(=O)O. The maximum absolute atomic E-state index is 13.4. The first-order chi connectivity index (χ1) is 23.6. The number of carboxylic acids is 3. The fraction of sp³-hybridized carbons (Fsp3) is 0.667. The summed E-state index contributed by atoms with van der Waals surface area (Å²) >= 11 is 0. The van der Waals surface area contributed by atoms with E-state index in [4.69, 9.17) is 16.6 Å². The number of carbonyl (C=O) groups excluding carboxylic acids is 7. The fourth-order valence-corrected chi connectivity index (χ4v) is 4.47. The Labute approximate surface area is 293 Å². The van der Waals surface area contributed by atoms with Crippen LogP contribution in [0.4, 0.5) is 0 Å². The summed E-state index contributed by atoms with van der Waals surface area (Å²) in [4.78, 5) is 123. The molecule has 0 aliphatic carbocycles. The molecule has 51 heavy (non-hydrogen) atoms. The molecule has 0 saturated carbocycles. The first kappa shape index (κ1) is 45.7. The average molecular weight is 731 g/mol. The molecule has 0 aromatic heterocycles. The number of aliphatic carboxylic acids is 3. The van der Waals surface area contributed by atoms with E-state index in [2.05, 4.69) is 26.6 Å². The second-order valence-corrected chi connectivity index (χ2v) is 12.6. The Bertz CT molecular complexity index is 1310. The minimum atomic E-state index is -1.80. The number of carboxylic acid groups (broad SMARTS) is 3. The third kappa shape index (κ3) is 18.9. The molecule has 13 N–H and O–H groups in total. The van der Waals surface area contributed by atoms with Crippen molar-refractivity contribution in [2.24, 2.45) is 23.3 Å². The topological polar surface area (TPSA) is 356 Å². The Kier molecular flexibility index (Phi) is 20.0. The lowest BCUT2D eigenvalue weighted by atomic mass is 10.0. The van der Waals surface area contributed by atoms with Crippen LogP contribution in [0.5, 0.6) is 0 Å². The van der Waals surface area contributed by atoms with Gasteiger partial charge in [-0.1, -0.05) is 27.7 Å². The van der Waals surface area contributed by atoms with E-state index < -0.39 is 115 Å². The summed E-state index contributed by atoms with van der Waals surface area (Å²) in [6.07, 6.45) is -2.47. The number of carbonyl (C=O) groups is 10. The molecule has 0 aliphatic rings. The van der Waals surface area contributed by atoms with Gasteiger partial charge in [0.2, 0.25) is 41.4 Å². The zero-order valence-corrected chi connectivity index (χ0v) is 29.1. The third-order valence-electron chi connectivity index (χ3n) is 6.95. The molecule has 0 fully saturated rings. The van der Waals surface area contributed by atoms with E-state index in [9.17, 15) is 58.2 Å². The van der Waals surface area contributed by atoms with E-state index >= 15 is 0 Å². The summed E-state index contributed by atoms with van der Waals surface area (Å²) in [7, 11) is 0. The predicted octanol–water partition coefficient (Wildman–Crippen LogP) is -3.73. The highest BCUT2D eigenvalue weighted by molar-refractivity contribution is 5.98. The van der Waals surface area contributed by atoms with Crippen LogP contribution in [0.25, 0.3) is 0 Å². The molecule has 0 saturated heterocycles. The molecule has 0 aliphatic heterocycles. The third-order valence-corrected chi connectivity index (χ3v) is 6.95.